The van der Waals surface area contributed by atoms with Crippen LogP contribution in [0.1, 0.15) is 12.8 Å². The maximum atomic E-state index is 12.4. The number of ether oxygens (including phenoxy) is 1. The number of guanidine groups is 1. The molecule has 0 atom stereocenters. The first-order valence-corrected chi connectivity index (χ1v) is 5.31. The van der Waals surface area contributed by atoms with Gasteiger partial charge in [-0.15, -0.1) is 0 Å². The predicted octanol–water partition coefficient (Wildman–Crippen LogP) is 0.479. The molecular formula is C9H17F3N4O. The number of hydrogen-bond donors (Lipinski definition) is 2. The van der Waals surface area contributed by atoms with Crippen LogP contribution >= 0.6 is 0 Å². The summed E-state index contributed by atoms with van der Waals surface area (Å²) in [6.45, 7) is -0.416. The molecule has 0 amide bonds. The van der Waals surface area contributed by atoms with E-state index in [4.69, 9.17) is 10.6 Å². The lowest BCUT2D eigenvalue weighted by molar-refractivity contribution is -0.139. The number of methoxy groups -OCH3 is 1. The van der Waals surface area contributed by atoms with E-state index in [1.807, 2.05) is 0 Å². The van der Waals surface area contributed by atoms with Crippen molar-refractivity contribution in [2.45, 2.75) is 25.1 Å². The second-order valence-electron chi connectivity index (χ2n) is 3.82. The summed E-state index contributed by atoms with van der Waals surface area (Å²) in [4.78, 5) is 5.12. The Hall–Kier alpha value is -1.02. The molecule has 0 saturated heterocycles. The van der Waals surface area contributed by atoms with Crippen molar-refractivity contribution in [1.29, 1.82) is 0 Å². The third-order valence-electron chi connectivity index (χ3n) is 2.30. The summed E-state index contributed by atoms with van der Waals surface area (Å²) in [7, 11) is 1.50. The fourth-order valence-corrected chi connectivity index (χ4v) is 1.42. The minimum Gasteiger partial charge on any atom is -0.383 e. The number of alkyl halides is 3. The SMILES string of the molecule is COCCN=C(NN)N(CC(F)(F)F)C1CC1. The van der Waals surface area contributed by atoms with E-state index in [0.717, 1.165) is 17.7 Å². The number of nitrogens with two attached hydrogens (primary N) is 1. The lowest BCUT2D eigenvalue weighted by atomic mass is 10.4. The highest BCUT2D eigenvalue weighted by molar-refractivity contribution is 5.80. The normalized spacial score (nSPS) is 17.1. The summed E-state index contributed by atoms with van der Waals surface area (Å²) in [6, 6.07) is -0.117. The van der Waals surface area contributed by atoms with Gasteiger partial charge >= 0.3 is 6.18 Å². The number of nitrogens with one attached hydrogen (secondary N) is 1. The Labute approximate surface area is 97.8 Å². The first kappa shape index (κ1) is 14.0. The molecule has 0 aliphatic heterocycles. The highest BCUT2D eigenvalue weighted by Gasteiger charge is 2.39. The number of aliphatic imine (C=N–C) groups is 1. The van der Waals surface area contributed by atoms with Crippen molar-refractivity contribution in [2.24, 2.45) is 10.8 Å². The summed E-state index contributed by atoms with van der Waals surface area (Å²) in [5.74, 6) is 5.28. The molecule has 1 rings (SSSR count). The Morgan fingerprint density at radius 2 is 2.18 bits per heavy atom. The van der Waals surface area contributed by atoms with Gasteiger partial charge in [0.2, 0.25) is 5.96 Å². The van der Waals surface area contributed by atoms with Gasteiger partial charge in [0.05, 0.1) is 13.2 Å². The smallest absolute Gasteiger partial charge is 0.383 e. The monoisotopic (exact) mass is 254 g/mol. The maximum absolute atomic E-state index is 12.4. The van der Waals surface area contributed by atoms with Crippen LogP contribution < -0.4 is 11.3 Å². The Morgan fingerprint density at radius 3 is 2.59 bits per heavy atom. The summed E-state index contributed by atoms with van der Waals surface area (Å²) in [5.41, 5.74) is 2.23. The number of hydrazine groups is 1. The van der Waals surface area contributed by atoms with E-state index >= 15 is 0 Å². The second-order valence-corrected chi connectivity index (χ2v) is 3.82. The molecule has 0 bridgehead atoms. The fourth-order valence-electron chi connectivity index (χ4n) is 1.42. The molecule has 3 N–H and O–H groups in total. The van der Waals surface area contributed by atoms with Crippen molar-refractivity contribution in [3.63, 3.8) is 0 Å². The van der Waals surface area contributed by atoms with E-state index < -0.39 is 12.7 Å². The van der Waals surface area contributed by atoms with Gasteiger partial charge in [-0.1, -0.05) is 0 Å². The van der Waals surface area contributed by atoms with Crippen molar-refractivity contribution in [3.05, 3.63) is 0 Å². The van der Waals surface area contributed by atoms with Crippen molar-refractivity contribution >= 4 is 5.96 Å². The Morgan fingerprint density at radius 1 is 1.53 bits per heavy atom. The quantitative estimate of drug-likeness (QED) is 0.246. The van der Waals surface area contributed by atoms with E-state index in [1.165, 1.54) is 7.11 Å². The summed E-state index contributed by atoms with van der Waals surface area (Å²) < 4.78 is 41.9. The van der Waals surface area contributed by atoms with Crippen molar-refractivity contribution in [3.8, 4) is 0 Å². The average molecular weight is 254 g/mol. The van der Waals surface area contributed by atoms with Crippen LogP contribution in [0.2, 0.25) is 0 Å². The number of rotatable bonds is 5. The maximum Gasteiger partial charge on any atom is 0.406 e. The third kappa shape index (κ3) is 5.22. The van der Waals surface area contributed by atoms with E-state index in [1.54, 1.807) is 0 Å². The molecule has 0 heterocycles. The number of nitrogens with zero attached hydrogens (tertiary/aromatic N) is 2. The second kappa shape index (κ2) is 6.06. The summed E-state index contributed by atoms with van der Waals surface area (Å²) >= 11 is 0. The molecule has 0 aromatic heterocycles. The third-order valence-corrected chi connectivity index (χ3v) is 2.30. The van der Waals surface area contributed by atoms with E-state index in [2.05, 4.69) is 10.4 Å². The van der Waals surface area contributed by atoms with Gasteiger partial charge in [-0.25, -0.2) is 10.8 Å². The molecule has 1 fully saturated rings. The molecular weight excluding hydrogens is 237 g/mol. The van der Waals surface area contributed by atoms with Crippen LogP contribution in [0.25, 0.3) is 0 Å². The molecule has 1 saturated carbocycles. The minimum atomic E-state index is -4.26. The topological polar surface area (TPSA) is 62.9 Å². The van der Waals surface area contributed by atoms with Crippen LogP contribution in [-0.4, -0.2) is 49.9 Å². The largest absolute Gasteiger partial charge is 0.406 e. The molecule has 8 heteroatoms. The number of hydrogen-bond acceptors (Lipinski definition) is 3. The van der Waals surface area contributed by atoms with Gasteiger partial charge in [-0.3, -0.25) is 5.43 Å². The Kier molecular flexibility index (Phi) is 5.01. The molecule has 17 heavy (non-hydrogen) atoms. The van der Waals surface area contributed by atoms with E-state index in [0.29, 0.717) is 6.61 Å². The minimum absolute atomic E-state index is 0.0712. The highest BCUT2D eigenvalue weighted by Crippen LogP contribution is 2.29. The highest BCUT2D eigenvalue weighted by atomic mass is 19.4. The fraction of sp³-hybridized carbons (Fsp3) is 0.889. The molecule has 1 aliphatic carbocycles. The van der Waals surface area contributed by atoms with Crippen LogP contribution in [0, 0.1) is 0 Å². The zero-order valence-corrected chi connectivity index (χ0v) is 9.63. The van der Waals surface area contributed by atoms with Crippen molar-refractivity contribution in [2.75, 3.05) is 26.8 Å². The van der Waals surface area contributed by atoms with E-state index in [-0.39, 0.29) is 18.5 Å². The van der Waals surface area contributed by atoms with Gasteiger partial charge in [0, 0.05) is 13.2 Å². The van der Waals surface area contributed by atoms with Crippen LogP contribution in [0.5, 0.6) is 0 Å². The standard InChI is InChI=1S/C9H17F3N4O/c1-17-5-4-14-8(15-13)16(7-2-3-7)6-9(10,11)12/h7H,2-6,13H2,1H3,(H,14,15). The lowest BCUT2D eigenvalue weighted by Gasteiger charge is -2.26. The molecule has 0 spiro atoms. The average Bonchev–Trinajstić information content (AvgIpc) is 3.04. The molecule has 100 valence electrons. The molecule has 0 aromatic carbocycles. The number of halogens is 3. The molecule has 5 nitrogen and oxygen atoms in total. The van der Waals surface area contributed by atoms with Gasteiger partial charge in [0.15, 0.2) is 0 Å². The van der Waals surface area contributed by atoms with Crippen molar-refractivity contribution < 1.29 is 17.9 Å². The van der Waals surface area contributed by atoms with Crippen LogP contribution in [0.15, 0.2) is 4.99 Å². The zero-order valence-electron chi connectivity index (χ0n) is 9.63. The summed E-state index contributed by atoms with van der Waals surface area (Å²) in [6.07, 6.45) is -2.79. The first-order valence-electron chi connectivity index (χ1n) is 5.31. The van der Waals surface area contributed by atoms with E-state index in [9.17, 15) is 13.2 Å². The van der Waals surface area contributed by atoms with Crippen molar-refractivity contribution in [1.82, 2.24) is 10.3 Å². The zero-order chi connectivity index (χ0) is 12.9. The van der Waals surface area contributed by atoms with Crippen LogP contribution in [0.3, 0.4) is 0 Å². The Balaban J connectivity index is 2.62. The molecule has 1 aliphatic rings. The van der Waals surface area contributed by atoms with Gasteiger partial charge in [0.1, 0.15) is 6.54 Å². The van der Waals surface area contributed by atoms with Crippen LogP contribution in [-0.2, 0) is 4.74 Å². The predicted molar refractivity (Wildman–Crippen MR) is 57.3 cm³/mol. The summed E-state index contributed by atoms with van der Waals surface area (Å²) in [5, 5.41) is 0. The van der Waals surface area contributed by atoms with Gasteiger partial charge in [-0.2, -0.15) is 13.2 Å². The molecule has 0 radical (unpaired) electrons. The lowest BCUT2D eigenvalue weighted by Crippen LogP contribution is -2.49. The van der Waals surface area contributed by atoms with Gasteiger partial charge in [0.25, 0.3) is 0 Å². The van der Waals surface area contributed by atoms with Gasteiger partial charge in [-0.05, 0) is 12.8 Å². The Bertz CT molecular complexity index is 265. The molecule has 0 aromatic rings. The first-order chi connectivity index (χ1) is 7.98. The molecule has 0 unspecified atom stereocenters. The van der Waals surface area contributed by atoms with Gasteiger partial charge < -0.3 is 9.64 Å². The van der Waals surface area contributed by atoms with Crippen LogP contribution in [0.4, 0.5) is 13.2 Å².